The van der Waals surface area contributed by atoms with Crippen molar-refractivity contribution in [3.05, 3.63) is 65.2 Å². The van der Waals surface area contributed by atoms with E-state index in [0.717, 1.165) is 42.4 Å². The van der Waals surface area contributed by atoms with Crippen LogP contribution < -0.4 is 10.1 Å². The Balaban J connectivity index is 1.77. The highest BCUT2D eigenvalue weighted by Gasteiger charge is 2.30. The summed E-state index contributed by atoms with van der Waals surface area (Å²) in [5, 5.41) is 3.17. The molecule has 0 unspecified atom stereocenters. The molecule has 0 heterocycles. The summed E-state index contributed by atoms with van der Waals surface area (Å²) in [7, 11) is 0. The largest absolute Gasteiger partial charge is 0.484 e. The van der Waals surface area contributed by atoms with Crippen molar-refractivity contribution in [3.63, 3.8) is 0 Å². The van der Waals surface area contributed by atoms with Gasteiger partial charge in [-0.2, -0.15) is 0 Å². The molecular formula is C26H34N2O3. The lowest BCUT2D eigenvalue weighted by molar-refractivity contribution is -0.143. The molecule has 0 radical (unpaired) electrons. The molecule has 5 heteroatoms. The van der Waals surface area contributed by atoms with Gasteiger partial charge in [-0.15, -0.1) is 0 Å². The monoisotopic (exact) mass is 422 g/mol. The van der Waals surface area contributed by atoms with Crippen LogP contribution >= 0.6 is 0 Å². The first-order valence-corrected chi connectivity index (χ1v) is 11.3. The number of ether oxygens (including phenoxy) is 1. The van der Waals surface area contributed by atoms with Gasteiger partial charge in [-0.05, 0) is 50.3 Å². The minimum atomic E-state index is -0.519. The Bertz CT molecular complexity index is 890. The van der Waals surface area contributed by atoms with Crippen molar-refractivity contribution < 1.29 is 14.3 Å². The zero-order chi connectivity index (χ0) is 22.2. The Morgan fingerprint density at radius 2 is 1.84 bits per heavy atom. The standard InChI is InChI=1S/C26H34N2O3/c1-4-23(26(30)27-22-13-6-7-14-22)28(17-21-12-9-10-19(2)16-21)25(29)18-31-24-15-8-5-11-20(24)3/h5,8-12,15-16,22-23H,4,6-7,13-14,17-18H2,1-3H3,(H,27,30)/t23-/m0/s1. The van der Waals surface area contributed by atoms with Gasteiger partial charge in [0.25, 0.3) is 5.91 Å². The summed E-state index contributed by atoms with van der Waals surface area (Å²) >= 11 is 0. The van der Waals surface area contributed by atoms with Crippen LogP contribution in [0.15, 0.2) is 48.5 Å². The van der Waals surface area contributed by atoms with E-state index >= 15 is 0 Å². The van der Waals surface area contributed by atoms with Gasteiger partial charge in [-0.3, -0.25) is 9.59 Å². The topological polar surface area (TPSA) is 58.6 Å². The number of hydrogen-bond acceptors (Lipinski definition) is 3. The summed E-state index contributed by atoms with van der Waals surface area (Å²) in [5.41, 5.74) is 3.12. The fourth-order valence-electron chi connectivity index (χ4n) is 4.23. The number of amides is 2. The molecule has 3 rings (SSSR count). The zero-order valence-electron chi connectivity index (χ0n) is 18.9. The lowest BCUT2D eigenvalue weighted by atomic mass is 10.1. The van der Waals surface area contributed by atoms with Crippen LogP contribution in [0.4, 0.5) is 0 Å². The van der Waals surface area contributed by atoms with Crippen molar-refractivity contribution in [2.45, 2.75) is 71.5 Å². The molecule has 0 aliphatic heterocycles. The van der Waals surface area contributed by atoms with E-state index in [4.69, 9.17) is 4.74 Å². The average Bonchev–Trinajstić information content (AvgIpc) is 3.26. The first kappa shape index (κ1) is 22.9. The summed E-state index contributed by atoms with van der Waals surface area (Å²) in [6.07, 6.45) is 4.89. The number of carbonyl (C=O) groups is 2. The lowest BCUT2D eigenvalue weighted by Gasteiger charge is -2.31. The Hall–Kier alpha value is -2.82. The number of para-hydroxylation sites is 1. The Morgan fingerprint density at radius 1 is 1.10 bits per heavy atom. The number of rotatable bonds is 9. The quantitative estimate of drug-likeness (QED) is 0.645. The summed E-state index contributed by atoms with van der Waals surface area (Å²) in [4.78, 5) is 28.1. The zero-order valence-corrected chi connectivity index (χ0v) is 18.9. The highest BCUT2D eigenvalue weighted by molar-refractivity contribution is 5.88. The molecule has 1 atom stereocenters. The smallest absolute Gasteiger partial charge is 0.261 e. The van der Waals surface area contributed by atoms with Crippen LogP contribution in [0.25, 0.3) is 0 Å². The van der Waals surface area contributed by atoms with E-state index in [-0.39, 0.29) is 24.5 Å². The second-order valence-electron chi connectivity index (χ2n) is 8.48. The molecule has 1 aliphatic rings. The van der Waals surface area contributed by atoms with Crippen molar-refractivity contribution >= 4 is 11.8 Å². The SMILES string of the molecule is CC[C@@H](C(=O)NC1CCCC1)N(Cc1cccc(C)c1)C(=O)COc1ccccc1C. The van der Waals surface area contributed by atoms with Gasteiger partial charge in [0.15, 0.2) is 6.61 Å². The summed E-state index contributed by atoms with van der Waals surface area (Å²) in [5.74, 6) is 0.444. The predicted octanol–water partition coefficient (Wildman–Crippen LogP) is 4.55. The Morgan fingerprint density at radius 3 is 2.52 bits per heavy atom. The van der Waals surface area contributed by atoms with Crippen LogP contribution in [0, 0.1) is 13.8 Å². The van der Waals surface area contributed by atoms with Crippen LogP contribution in [-0.2, 0) is 16.1 Å². The van der Waals surface area contributed by atoms with Gasteiger partial charge in [0.1, 0.15) is 11.8 Å². The van der Waals surface area contributed by atoms with E-state index in [1.807, 2.05) is 63.2 Å². The van der Waals surface area contributed by atoms with E-state index in [0.29, 0.717) is 18.7 Å². The minimum absolute atomic E-state index is 0.0636. The summed E-state index contributed by atoms with van der Waals surface area (Å²) < 4.78 is 5.83. The van der Waals surface area contributed by atoms with Gasteiger partial charge >= 0.3 is 0 Å². The van der Waals surface area contributed by atoms with Crippen molar-refractivity contribution in [2.24, 2.45) is 0 Å². The van der Waals surface area contributed by atoms with Crippen molar-refractivity contribution in [2.75, 3.05) is 6.61 Å². The first-order valence-electron chi connectivity index (χ1n) is 11.3. The fourth-order valence-corrected chi connectivity index (χ4v) is 4.23. The molecule has 2 aromatic carbocycles. The Labute approximate surface area is 185 Å². The minimum Gasteiger partial charge on any atom is -0.484 e. The average molecular weight is 423 g/mol. The molecule has 0 spiro atoms. The van der Waals surface area contributed by atoms with E-state index in [1.54, 1.807) is 4.90 Å². The molecule has 1 aliphatic carbocycles. The van der Waals surface area contributed by atoms with Crippen LogP contribution in [0.1, 0.15) is 55.7 Å². The number of nitrogens with one attached hydrogen (secondary N) is 1. The van der Waals surface area contributed by atoms with Crippen LogP contribution in [0.2, 0.25) is 0 Å². The van der Waals surface area contributed by atoms with Gasteiger partial charge in [0.2, 0.25) is 5.91 Å². The molecule has 2 amide bonds. The van der Waals surface area contributed by atoms with Gasteiger partial charge in [0.05, 0.1) is 0 Å². The molecule has 5 nitrogen and oxygen atoms in total. The van der Waals surface area contributed by atoms with Crippen molar-refractivity contribution in [3.8, 4) is 5.75 Å². The number of benzene rings is 2. The molecule has 31 heavy (non-hydrogen) atoms. The Kier molecular flexibility index (Phi) is 8.10. The molecule has 1 saturated carbocycles. The molecule has 0 bridgehead atoms. The second kappa shape index (κ2) is 11.0. The molecule has 2 aromatic rings. The number of hydrogen-bond donors (Lipinski definition) is 1. The maximum absolute atomic E-state index is 13.3. The van der Waals surface area contributed by atoms with Gasteiger partial charge in [-0.25, -0.2) is 0 Å². The second-order valence-corrected chi connectivity index (χ2v) is 8.48. The highest BCUT2D eigenvalue weighted by Crippen LogP contribution is 2.20. The van der Waals surface area contributed by atoms with E-state index in [1.165, 1.54) is 0 Å². The predicted molar refractivity (Wildman–Crippen MR) is 123 cm³/mol. The maximum atomic E-state index is 13.3. The molecule has 1 N–H and O–H groups in total. The van der Waals surface area contributed by atoms with Crippen LogP contribution in [0.3, 0.4) is 0 Å². The van der Waals surface area contributed by atoms with Crippen molar-refractivity contribution in [1.29, 1.82) is 0 Å². The van der Waals surface area contributed by atoms with Gasteiger partial charge < -0.3 is 15.0 Å². The lowest BCUT2D eigenvalue weighted by Crippen LogP contribution is -2.52. The van der Waals surface area contributed by atoms with Gasteiger partial charge in [-0.1, -0.05) is 67.8 Å². The van der Waals surface area contributed by atoms with E-state index < -0.39 is 6.04 Å². The third-order valence-electron chi connectivity index (χ3n) is 5.97. The van der Waals surface area contributed by atoms with E-state index in [2.05, 4.69) is 11.4 Å². The number of aryl methyl sites for hydroxylation is 2. The molecule has 0 aromatic heterocycles. The summed E-state index contributed by atoms with van der Waals surface area (Å²) in [6.45, 7) is 6.23. The number of nitrogens with zero attached hydrogens (tertiary/aromatic N) is 1. The molecular weight excluding hydrogens is 388 g/mol. The normalized spacial score (nSPS) is 14.8. The summed E-state index contributed by atoms with van der Waals surface area (Å²) in [6, 6.07) is 15.4. The molecule has 1 fully saturated rings. The first-order chi connectivity index (χ1) is 15.0. The van der Waals surface area contributed by atoms with Crippen LogP contribution in [0.5, 0.6) is 5.75 Å². The number of carbonyl (C=O) groups excluding carboxylic acids is 2. The van der Waals surface area contributed by atoms with E-state index in [9.17, 15) is 9.59 Å². The third-order valence-corrected chi connectivity index (χ3v) is 5.97. The van der Waals surface area contributed by atoms with Crippen LogP contribution in [-0.4, -0.2) is 35.4 Å². The fraction of sp³-hybridized carbons (Fsp3) is 0.462. The molecule has 0 saturated heterocycles. The van der Waals surface area contributed by atoms with Crippen molar-refractivity contribution in [1.82, 2.24) is 10.2 Å². The maximum Gasteiger partial charge on any atom is 0.261 e. The highest BCUT2D eigenvalue weighted by atomic mass is 16.5. The van der Waals surface area contributed by atoms with Gasteiger partial charge in [0, 0.05) is 12.6 Å². The molecule has 166 valence electrons. The third kappa shape index (κ3) is 6.33.